The monoisotopic (exact) mass is 245 g/mol. The quantitative estimate of drug-likeness (QED) is 0.597. The third kappa shape index (κ3) is 3.15. The minimum atomic E-state index is 0.0468. The summed E-state index contributed by atoms with van der Waals surface area (Å²) in [5.41, 5.74) is 4.94. The molecule has 5 nitrogen and oxygen atoms in total. The zero-order chi connectivity index (χ0) is 12.8. The van der Waals surface area contributed by atoms with Crippen LogP contribution in [0.5, 0.6) is 0 Å². The van der Waals surface area contributed by atoms with Gasteiger partial charge in [0.25, 0.3) is 0 Å². The number of pyridine rings is 1. The van der Waals surface area contributed by atoms with E-state index in [4.69, 9.17) is 5.84 Å². The van der Waals surface area contributed by atoms with E-state index in [0.717, 1.165) is 30.6 Å². The van der Waals surface area contributed by atoms with Gasteiger partial charge in [0.2, 0.25) is 0 Å². The van der Waals surface area contributed by atoms with Crippen LogP contribution in [0.2, 0.25) is 0 Å². The highest BCUT2D eigenvalue weighted by molar-refractivity contribution is 5.15. The fraction of sp³-hybridized carbons (Fsp3) is 0.385. The van der Waals surface area contributed by atoms with Gasteiger partial charge in [0, 0.05) is 36.6 Å². The minimum absolute atomic E-state index is 0.0468. The van der Waals surface area contributed by atoms with Crippen LogP contribution in [0.1, 0.15) is 30.6 Å². The van der Waals surface area contributed by atoms with Crippen molar-refractivity contribution >= 4 is 0 Å². The molecule has 18 heavy (non-hydrogen) atoms. The summed E-state index contributed by atoms with van der Waals surface area (Å²) in [6, 6.07) is 5.94. The molecule has 0 bridgehead atoms. The lowest BCUT2D eigenvalue weighted by atomic mass is 10.1. The Morgan fingerprint density at radius 3 is 3.00 bits per heavy atom. The van der Waals surface area contributed by atoms with E-state index in [1.807, 2.05) is 35.3 Å². The Morgan fingerprint density at radius 2 is 2.33 bits per heavy atom. The first-order chi connectivity index (χ1) is 8.83. The first-order valence-electron chi connectivity index (χ1n) is 6.22. The predicted octanol–water partition coefficient (Wildman–Crippen LogP) is 1.44. The maximum Gasteiger partial charge on any atom is 0.0546 e. The van der Waals surface area contributed by atoms with Gasteiger partial charge in [0.05, 0.1) is 12.2 Å². The molecule has 0 aromatic carbocycles. The molecule has 0 saturated heterocycles. The Morgan fingerprint density at radius 1 is 1.44 bits per heavy atom. The number of nitrogens with one attached hydrogen (secondary N) is 1. The summed E-state index contributed by atoms with van der Waals surface area (Å²) < 4.78 is 1.94. The van der Waals surface area contributed by atoms with Crippen LogP contribution in [0.3, 0.4) is 0 Å². The lowest BCUT2D eigenvalue weighted by Crippen LogP contribution is -2.29. The topological polar surface area (TPSA) is 68.8 Å². The standard InChI is InChI=1S/C13H19N5/c1-2-7-18-10-11(9-16-18)13(17-14)8-12-5-3-4-6-15-12/h3-6,9-10,13,17H,2,7-8,14H2,1H3. The van der Waals surface area contributed by atoms with Crippen LogP contribution in [-0.2, 0) is 13.0 Å². The van der Waals surface area contributed by atoms with Crippen molar-refractivity contribution in [2.75, 3.05) is 0 Å². The molecular weight excluding hydrogens is 226 g/mol. The number of hydrogen-bond donors (Lipinski definition) is 2. The fourth-order valence-electron chi connectivity index (χ4n) is 1.91. The number of aromatic nitrogens is 3. The molecule has 0 aliphatic carbocycles. The van der Waals surface area contributed by atoms with Crippen LogP contribution < -0.4 is 11.3 Å². The average molecular weight is 245 g/mol. The number of rotatable bonds is 6. The third-order valence-electron chi connectivity index (χ3n) is 2.85. The number of nitrogens with zero attached hydrogens (tertiary/aromatic N) is 3. The second-order valence-electron chi connectivity index (χ2n) is 4.28. The Balaban J connectivity index is 2.08. The Labute approximate surface area is 107 Å². The van der Waals surface area contributed by atoms with E-state index in [2.05, 4.69) is 22.4 Å². The van der Waals surface area contributed by atoms with Crippen molar-refractivity contribution in [2.24, 2.45) is 5.84 Å². The average Bonchev–Trinajstić information content (AvgIpc) is 2.86. The fourth-order valence-corrected chi connectivity index (χ4v) is 1.91. The van der Waals surface area contributed by atoms with Crippen molar-refractivity contribution in [2.45, 2.75) is 32.4 Å². The van der Waals surface area contributed by atoms with E-state index in [1.165, 1.54) is 0 Å². The summed E-state index contributed by atoms with van der Waals surface area (Å²) in [6.07, 6.45) is 7.53. The Bertz CT molecular complexity index is 465. The zero-order valence-corrected chi connectivity index (χ0v) is 10.6. The lowest BCUT2D eigenvalue weighted by molar-refractivity contribution is 0.543. The van der Waals surface area contributed by atoms with Crippen LogP contribution in [0.25, 0.3) is 0 Å². The van der Waals surface area contributed by atoms with Crippen LogP contribution >= 0.6 is 0 Å². The minimum Gasteiger partial charge on any atom is -0.272 e. The molecule has 0 aliphatic heterocycles. The molecular formula is C13H19N5. The van der Waals surface area contributed by atoms with Gasteiger partial charge in [-0.3, -0.25) is 20.9 Å². The number of hydrazine groups is 1. The Hall–Kier alpha value is -1.72. The molecule has 96 valence electrons. The van der Waals surface area contributed by atoms with Crippen LogP contribution in [0.15, 0.2) is 36.8 Å². The van der Waals surface area contributed by atoms with Crippen LogP contribution in [-0.4, -0.2) is 14.8 Å². The van der Waals surface area contributed by atoms with E-state index in [-0.39, 0.29) is 6.04 Å². The van der Waals surface area contributed by atoms with Crippen molar-refractivity contribution in [3.63, 3.8) is 0 Å². The number of nitrogens with two attached hydrogens (primary N) is 1. The molecule has 1 atom stereocenters. The van der Waals surface area contributed by atoms with Gasteiger partial charge in [0.1, 0.15) is 0 Å². The van der Waals surface area contributed by atoms with E-state index in [9.17, 15) is 0 Å². The maximum absolute atomic E-state index is 5.62. The molecule has 0 fully saturated rings. The van der Waals surface area contributed by atoms with Crippen molar-refractivity contribution in [1.82, 2.24) is 20.2 Å². The van der Waals surface area contributed by atoms with Gasteiger partial charge in [-0.1, -0.05) is 13.0 Å². The van der Waals surface area contributed by atoms with E-state index < -0.39 is 0 Å². The third-order valence-corrected chi connectivity index (χ3v) is 2.85. The predicted molar refractivity (Wildman–Crippen MR) is 70.5 cm³/mol. The van der Waals surface area contributed by atoms with E-state index >= 15 is 0 Å². The van der Waals surface area contributed by atoms with Gasteiger partial charge in [-0.05, 0) is 18.6 Å². The van der Waals surface area contributed by atoms with Gasteiger partial charge in [-0.2, -0.15) is 5.10 Å². The molecule has 2 rings (SSSR count). The first kappa shape index (κ1) is 12.7. The molecule has 3 N–H and O–H groups in total. The molecule has 0 spiro atoms. The highest BCUT2D eigenvalue weighted by atomic mass is 15.3. The molecule has 5 heteroatoms. The van der Waals surface area contributed by atoms with Crippen molar-refractivity contribution in [3.05, 3.63) is 48.0 Å². The van der Waals surface area contributed by atoms with Crippen LogP contribution in [0, 0.1) is 0 Å². The normalized spacial score (nSPS) is 12.6. The molecule has 0 saturated carbocycles. The van der Waals surface area contributed by atoms with E-state index in [0.29, 0.717) is 0 Å². The second-order valence-corrected chi connectivity index (χ2v) is 4.28. The van der Waals surface area contributed by atoms with Crippen LogP contribution in [0.4, 0.5) is 0 Å². The molecule has 0 amide bonds. The summed E-state index contributed by atoms with van der Waals surface area (Å²) in [6.45, 7) is 3.06. The summed E-state index contributed by atoms with van der Waals surface area (Å²) in [7, 11) is 0. The molecule has 0 aliphatic rings. The molecule has 2 aromatic heterocycles. The van der Waals surface area contributed by atoms with Gasteiger partial charge in [0.15, 0.2) is 0 Å². The van der Waals surface area contributed by atoms with E-state index in [1.54, 1.807) is 6.20 Å². The smallest absolute Gasteiger partial charge is 0.0546 e. The largest absolute Gasteiger partial charge is 0.272 e. The molecule has 1 unspecified atom stereocenters. The van der Waals surface area contributed by atoms with Crippen molar-refractivity contribution in [1.29, 1.82) is 0 Å². The second kappa shape index (κ2) is 6.28. The van der Waals surface area contributed by atoms with Crippen molar-refractivity contribution in [3.8, 4) is 0 Å². The van der Waals surface area contributed by atoms with Gasteiger partial charge >= 0.3 is 0 Å². The number of aryl methyl sites for hydroxylation is 1. The Kier molecular flexibility index (Phi) is 4.44. The molecule has 2 heterocycles. The summed E-state index contributed by atoms with van der Waals surface area (Å²) in [4.78, 5) is 4.31. The zero-order valence-electron chi connectivity index (χ0n) is 10.6. The van der Waals surface area contributed by atoms with Gasteiger partial charge < -0.3 is 0 Å². The highest BCUT2D eigenvalue weighted by Gasteiger charge is 2.13. The first-order valence-corrected chi connectivity index (χ1v) is 6.22. The number of hydrogen-bond acceptors (Lipinski definition) is 4. The summed E-state index contributed by atoms with van der Waals surface area (Å²) in [5, 5.41) is 4.32. The van der Waals surface area contributed by atoms with Gasteiger partial charge in [-0.15, -0.1) is 0 Å². The molecule has 0 radical (unpaired) electrons. The lowest BCUT2D eigenvalue weighted by Gasteiger charge is -2.13. The summed E-state index contributed by atoms with van der Waals surface area (Å²) >= 11 is 0. The van der Waals surface area contributed by atoms with Gasteiger partial charge in [-0.25, -0.2) is 0 Å². The molecule has 2 aromatic rings. The summed E-state index contributed by atoms with van der Waals surface area (Å²) in [5.74, 6) is 5.62. The SMILES string of the molecule is CCCn1cc(C(Cc2ccccn2)NN)cn1. The highest BCUT2D eigenvalue weighted by Crippen LogP contribution is 2.15. The van der Waals surface area contributed by atoms with Crippen molar-refractivity contribution < 1.29 is 0 Å². The maximum atomic E-state index is 5.62.